The summed E-state index contributed by atoms with van der Waals surface area (Å²) in [5, 5.41) is 0. The highest BCUT2D eigenvalue weighted by Crippen LogP contribution is 2.27. The lowest BCUT2D eigenvalue weighted by molar-refractivity contribution is 0.311. The number of hydrogen-bond acceptors (Lipinski definition) is 4. The maximum Gasteiger partial charge on any atom is 0.225 e. The van der Waals surface area contributed by atoms with Crippen molar-refractivity contribution in [1.29, 1.82) is 0 Å². The van der Waals surface area contributed by atoms with Crippen LogP contribution in [0, 0.1) is 0 Å². The van der Waals surface area contributed by atoms with Gasteiger partial charge < -0.3 is 9.80 Å². The van der Waals surface area contributed by atoms with Crippen molar-refractivity contribution in [2.45, 2.75) is 0 Å². The lowest BCUT2D eigenvalue weighted by Crippen LogP contribution is -2.45. The van der Waals surface area contributed by atoms with Gasteiger partial charge in [0, 0.05) is 42.4 Å². The second-order valence-corrected chi connectivity index (χ2v) is 5.87. The van der Waals surface area contributed by atoms with Gasteiger partial charge in [-0.2, -0.15) is 0 Å². The van der Waals surface area contributed by atoms with Crippen LogP contribution in [0.2, 0.25) is 0 Å². The van der Waals surface area contributed by atoms with Crippen molar-refractivity contribution in [2.75, 3.05) is 38.1 Å². The van der Waals surface area contributed by atoms with Gasteiger partial charge in [0.2, 0.25) is 5.95 Å². The third-order valence-electron chi connectivity index (χ3n) is 3.58. The number of anilines is 1. The van der Waals surface area contributed by atoms with Crippen molar-refractivity contribution < 1.29 is 0 Å². The molecule has 1 fully saturated rings. The smallest absolute Gasteiger partial charge is 0.225 e. The molecule has 104 valence electrons. The Morgan fingerprint density at radius 1 is 1.05 bits per heavy atom. The van der Waals surface area contributed by atoms with Gasteiger partial charge in [0.1, 0.15) is 0 Å². The van der Waals surface area contributed by atoms with Gasteiger partial charge in [-0.3, -0.25) is 0 Å². The molecule has 0 N–H and O–H groups in total. The van der Waals surface area contributed by atoms with Gasteiger partial charge in [-0.1, -0.05) is 34.1 Å². The Hall–Kier alpha value is -1.46. The van der Waals surface area contributed by atoms with E-state index in [2.05, 4.69) is 43.8 Å². The van der Waals surface area contributed by atoms with E-state index in [4.69, 9.17) is 4.98 Å². The highest BCUT2D eigenvalue weighted by Gasteiger charge is 2.17. The number of halogens is 1. The minimum Gasteiger partial charge on any atom is -0.338 e. The van der Waals surface area contributed by atoms with E-state index in [1.807, 2.05) is 30.5 Å². The van der Waals surface area contributed by atoms with Crippen LogP contribution in [0.5, 0.6) is 0 Å². The van der Waals surface area contributed by atoms with E-state index in [-0.39, 0.29) is 0 Å². The van der Waals surface area contributed by atoms with E-state index in [0.29, 0.717) is 0 Å². The number of hydrogen-bond donors (Lipinski definition) is 0. The highest BCUT2D eigenvalue weighted by atomic mass is 79.9. The van der Waals surface area contributed by atoms with Crippen LogP contribution < -0.4 is 4.90 Å². The molecule has 4 nitrogen and oxygen atoms in total. The maximum atomic E-state index is 4.72. The molecular weight excluding hydrogens is 316 g/mol. The van der Waals surface area contributed by atoms with Gasteiger partial charge in [-0.25, -0.2) is 9.97 Å². The largest absolute Gasteiger partial charge is 0.338 e. The van der Waals surface area contributed by atoms with Crippen molar-refractivity contribution >= 4 is 21.9 Å². The zero-order chi connectivity index (χ0) is 13.9. The first-order chi connectivity index (χ1) is 9.74. The van der Waals surface area contributed by atoms with Crippen LogP contribution in [0.4, 0.5) is 5.95 Å². The molecule has 0 unspecified atom stereocenters. The Kier molecular flexibility index (Phi) is 3.98. The Balaban J connectivity index is 1.88. The second kappa shape index (κ2) is 5.89. The van der Waals surface area contributed by atoms with Crippen LogP contribution >= 0.6 is 15.9 Å². The fourth-order valence-electron chi connectivity index (χ4n) is 2.33. The van der Waals surface area contributed by atoms with Crippen molar-refractivity contribution in [3.8, 4) is 11.3 Å². The fourth-order valence-corrected chi connectivity index (χ4v) is 2.81. The van der Waals surface area contributed by atoms with Gasteiger partial charge in [-0.15, -0.1) is 0 Å². The Morgan fingerprint density at radius 2 is 1.80 bits per heavy atom. The predicted octanol–water partition coefficient (Wildman–Crippen LogP) is 2.66. The van der Waals surface area contributed by atoms with Crippen LogP contribution in [0.15, 0.2) is 41.0 Å². The molecule has 1 aromatic carbocycles. The molecule has 0 amide bonds. The number of aromatic nitrogens is 2. The van der Waals surface area contributed by atoms with Crippen LogP contribution in [-0.2, 0) is 0 Å². The Labute approximate surface area is 127 Å². The molecule has 1 aliphatic heterocycles. The third-order valence-corrected chi connectivity index (χ3v) is 4.27. The van der Waals surface area contributed by atoms with E-state index < -0.39 is 0 Å². The molecule has 0 atom stereocenters. The molecule has 1 aliphatic rings. The first kappa shape index (κ1) is 13.5. The summed E-state index contributed by atoms with van der Waals surface area (Å²) in [7, 11) is 2.15. The quantitative estimate of drug-likeness (QED) is 0.846. The first-order valence-corrected chi connectivity index (χ1v) is 7.55. The minimum atomic E-state index is 0.825. The summed E-state index contributed by atoms with van der Waals surface area (Å²) in [6.45, 7) is 4.08. The summed E-state index contributed by atoms with van der Waals surface area (Å²) in [4.78, 5) is 13.7. The van der Waals surface area contributed by atoms with E-state index in [0.717, 1.165) is 47.9 Å². The molecule has 1 saturated heterocycles. The second-order valence-electron chi connectivity index (χ2n) is 5.01. The summed E-state index contributed by atoms with van der Waals surface area (Å²) in [6, 6.07) is 10.1. The van der Waals surface area contributed by atoms with Gasteiger partial charge in [0.15, 0.2) is 0 Å². The topological polar surface area (TPSA) is 32.3 Å². The summed E-state index contributed by atoms with van der Waals surface area (Å²) < 4.78 is 1.06. The van der Waals surface area contributed by atoms with E-state index in [9.17, 15) is 0 Å². The SMILES string of the molecule is CN1CCN(c2nccc(-c3ccccc3Br)n2)CC1. The molecule has 20 heavy (non-hydrogen) atoms. The fraction of sp³-hybridized carbons (Fsp3) is 0.333. The zero-order valence-electron chi connectivity index (χ0n) is 11.5. The third kappa shape index (κ3) is 2.83. The van der Waals surface area contributed by atoms with Gasteiger partial charge >= 0.3 is 0 Å². The Bertz CT molecular complexity index is 594. The molecule has 2 heterocycles. The molecule has 1 aromatic heterocycles. The Morgan fingerprint density at radius 3 is 2.55 bits per heavy atom. The number of piperazine rings is 1. The lowest BCUT2D eigenvalue weighted by atomic mass is 10.1. The molecule has 0 aliphatic carbocycles. The van der Waals surface area contributed by atoms with Gasteiger partial charge in [-0.05, 0) is 19.2 Å². The van der Waals surface area contributed by atoms with Crippen LogP contribution in [0.1, 0.15) is 0 Å². The molecule has 0 bridgehead atoms. The van der Waals surface area contributed by atoms with E-state index in [1.54, 1.807) is 0 Å². The molecule has 0 radical (unpaired) electrons. The molecule has 0 saturated carbocycles. The molecule has 0 spiro atoms. The molecular formula is C15H17BrN4. The predicted molar refractivity (Wildman–Crippen MR) is 84.9 cm³/mol. The lowest BCUT2D eigenvalue weighted by Gasteiger charge is -2.32. The van der Waals surface area contributed by atoms with Crippen molar-refractivity contribution in [3.05, 3.63) is 41.0 Å². The highest BCUT2D eigenvalue weighted by molar-refractivity contribution is 9.10. The van der Waals surface area contributed by atoms with Crippen LogP contribution in [0.25, 0.3) is 11.3 Å². The zero-order valence-corrected chi connectivity index (χ0v) is 13.0. The van der Waals surface area contributed by atoms with E-state index in [1.165, 1.54) is 0 Å². The van der Waals surface area contributed by atoms with Gasteiger partial charge in [0.25, 0.3) is 0 Å². The molecule has 3 rings (SSSR count). The monoisotopic (exact) mass is 332 g/mol. The van der Waals surface area contributed by atoms with Crippen molar-refractivity contribution in [3.63, 3.8) is 0 Å². The number of nitrogens with zero attached hydrogens (tertiary/aromatic N) is 4. The molecule has 5 heteroatoms. The normalized spacial score (nSPS) is 16.4. The number of likely N-dealkylation sites (N-methyl/N-ethyl adjacent to an activating group) is 1. The van der Waals surface area contributed by atoms with E-state index >= 15 is 0 Å². The number of benzene rings is 1. The van der Waals surface area contributed by atoms with Gasteiger partial charge in [0.05, 0.1) is 5.69 Å². The molecule has 2 aromatic rings. The van der Waals surface area contributed by atoms with Crippen molar-refractivity contribution in [1.82, 2.24) is 14.9 Å². The standard InChI is InChI=1S/C15H17BrN4/c1-19-8-10-20(11-9-19)15-17-7-6-14(18-15)12-4-2-3-5-13(12)16/h2-7H,8-11H2,1H3. The average Bonchev–Trinajstić information content (AvgIpc) is 2.49. The summed E-state index contributed by atoms with van der Waals surface area (Å²) >= 11 is 3.58. The average molecular weight is 333 g/mol. The number of rotatable bonds is 2. The van der Waals surface area contributed by atoms with Crippen LogP contribution in [0.3, 0.4) is 0 Å². The summed E-state index contributed by atoms with van der Waals surface area (Å²) in [5.41, 5.74) is 2.06. The maximum absolute atomic E-state index is 4.72. The van der Waals surface area contributed by atoms with Crippen molar-refractivity contribution in [2.24, 2.45) is 0 Å². The summed E-state index contributed by atoms with van der Waals surface area (Å²) in [6.07, 6.45) is 1.84. The summed E-state index contributed by atoms with van der Waals surface area (Å²) in [5.74, 6) is 0.825. The minimum absolute atomic E-state index is 0.825. The van der Waals surface area contributed by atoms with Crippen LogP contribution in [-0.4, -0.2) is 48.1 Å². The first-order valence-electron chi connectivity index (χ1n) is 6.75.